The number of nitrogens with zero attached hydrogens (tertiary/aromatic N) is 3. The lowest BCUT2D eigenvalue weighted by Gasteiger charge is -2.30. The summed E-state index contributed by atoms with van der Waals surface area (Å²) in [6, 6.07) is 17.4. The number of hydrogen-bond donors (Lipinski definition) is 2. The minimum Gasteiger partial charge on any atom is -0.359 e. The lowest BCUT2D eigenvalue weighted by molar-refractivity contribution is -0.438. The van der Waals surface area contributed by atoms with Crippen molar-refractivity contribution < 1.29 is 17.5 Å². The zero-order valence-corrected chi connectivity index (χ0v) is 34.2. The molecule has 2 heterocycles. The Kier molecular flexibility index (Phi) is 13.0. The molecule has 7 nitrogen and oxygen atoms in total. The van der Waals surface area contributed by atoms with Crippen LogP contribution in [0.3, 0.4) is 0 Å². The molecule has 0 spiro atoms. The summed E-state index contributed by atoms with van der Waals surface area (Å²) in [7, 11) is -3.99. The first-order chi connectivity index (χ1) is 25.2. The molecule has 2 aliphatic heterocycles. The number of allylic oxidation sites excluding steroid dienone is 7. The number of anilines is 1. The summed E-state index contributed by atoms with van der Waals surface area (Å²) in [5, 5.41) is 3.81. The van der Waals surface area contributed by atoms with E-state index in [1.165, 1.54) is 52.2 Å². The second kappa shape index (κ2) is 17.1. The highest BCUT2D eigenvalue weighted by molar-refractivity contribution is 7.85. The first kappa shape index (κ1) is 40.3. The number of para-hydroxylation sites is 2. The van der Waals surface area contributed by atoms with Crippen molar-refractivity contribution in [1.82, 2.24) is 10.2 Å². The molecule has 0 unspecified atom stereocenters. The molecule has 286 valence electrons. The fraction of sp³-hybridized carbons (Fsp3) is 0.489. The van der Waals surface area contributed by atoms with Crippen LogP contribution in [-0.2, 0) is 20.9 Å². The van der Waals surface area contributed by atoms with Crippen molar-refractivity contribution in [2.24, 2.45) is 0 Å². The van der Waals surface area contributed by atoms with Crippen molar-refractivity contribution in [3.8, 4) is 0 Å². The smallest absolute Gasteiger partial charge is 0.264 e. The van der Waals surface area contributed by atoms with Crippen LogP contribution < -0.4 is 10.2 Å². The molecule has 0 radical (unpaired) electrons. The molecule has 0 bridgehead atoms. The Bertz CT molecular complexity index is 1930. The maximum Gasteiger partial charge on any atom is 0.264 e. The molecule has 1 aliphatic carbocycles. The highest BCUT2D eigenvalue weighted by Crippen LogP contribution is 2.48. The molecular weight excluding hydrogens is 677 g/mol. The zero-order valence-electron chi connectivity index (χ0n) is 33.3. The zero-order chi connectivity index (χ0) is 38.4. The Balaban J connectivity index is 1.57. The molecule has 2 aromatic carbocycles. The van der Waals surface area contributed by atoms with Crippen LogP contribution in [0.15, 0.2) is 108 Å². The Morgan fingerprint density at radius 1 is 0.906 bits per heavy atom. The molecule has 0 saturated heterocycles. The number of rotatable bonds is 17. The van der Waals surface area contributed by atoms with Crippen molar-refractivity contribution >= 4 is 27.2 Å². The topological polar surface area (TPSA) is 75.9 Å². The molecule has 0 amide bonds. The number of nitrogens with one attached hydrogen (secondary N) is 1. The van der Waals surface area contributed by atoms with Gasteiger partial charge < -0.3 is 15.1 Å². The molecule has 2 aromatic rings. The van der Waals surface area contributed by atoms with Crippen LogP contribution in [-0.4, -0.2) is 60.1 Å². The first-order valence-electron chi connectivity index (χ1n) is 19.8. The van der Waals surface area contributed by atoms with Crippen LogP contribution in [0, 0.1) is 0 Å². The van der Waals surface area contributed by atoms with Crippen molar-refractivity contribution in [1.29, 1.82) is 0 Å². The molecule has 5 rings (SSSR count). The highest BCUT2D eigenvalue weighted by Gasteiger charge is 2.44. The second-order valence-corrected chi connectivity index (χ2v) is 17.3. The van der Waals surface area contributed by atoms with E-state index in [9.17, 15) is 13.0 Å². The lowest BCUT2D eigenvalue weighted by atomic mass is 9.81. The predicted octanol–water partition coefficient (Wildman–Crippen LogP) is 9.93. The third-order valence-corrected chi connectivity index (χ3v) is 12.3. The number of fused-ring (bicyclic) bond motifs is 2. The molecule has 0 atom stereocenters. The Hall–Kier alpha value is -3.88. The van der Waals surface area contributed by atoms with Crippen LogP contribution in [0.1, 0.15) is 111 Å². The van der Waals surface area contributed by atoms with Gasteiger partial charge in [-0.15, -0.1) is 0 Å². The van der Waals surface area contributed by atoms with E-state index in [0.29, 0.717) is 19.4 Å². The van der Waals surface area contributed by atoms with Crippen molar-refractivity contribution in [3.63, 3.8) is 0 Å². The molecule has 2 N–H and O–H groups in total. The van der Waals surface area contributed by atoms with Gasteiger partial charge in [-0.25, -0.2) is 0 Å². The van der Waals surface area contributed by atoms with E-state index >= 15 is 0 Å². The van der Waals surface area contributed by atoms with E-state index < -0.39 is 10.1 Å². The summed E-state index contributed by atoms with van der Waals surface area (Å²) >= 11 is 0. The van der Waals surface area contributed by atoms with E-state index in [0.717, 1.165) is 62.5 Å². The molecule has 3 aliphatic rings. The highest BCUT2D eigenvalue weighted by atomic mass is 32.2. The van der Waals surface area contributed by atoms with Gasteiger partial charge in [-0.3, -0.25) is 4.55 Å². The first-order valence-corrected chi connectivity index (χ1v) is 21.5. The van der Waals surface area contributed by atoms with Gasteiger partial charge in [0.15, 0.2) is 5.71 Å². The van der Waals surface area contributed by atoms with Gasteiger partial charge >= 0.3 is 0 Å². The summed E-state index contributed by atoms with van der Waals surface area (Å²) in [6.45, 7) is 23.8. The van der Waals surface area contributed by atoms with Gasteiger partial charge in [0.2, 0.25) is 5.69 Å². The number of benzene rings is 2. The van der Waals surface area contributed by atoms with Gasteiger partial charge in [-0.1, -0.05) is 82.3 Å². The van der Waals surface area contributed by atoms with Crippen LogP contribution in [0.5, 0.6) is 0 Å². The lowest BCUT2D eigenvalue weighted by Crippen LogP contribution is -2.32. The Labute approximate surface area is 320 Å². The third-order valence-electron chi connectivity index (χ3n) is 11.5. The van der Waals surface area contributed by atoms with Gasteiger partial charge in [-0.2, -0.15) is 13.0 Å². The van der Waals surface area contributed by atoms with E-state index in [2.05, 4.69) is 148 Å². The standard InChI is InChI=1S/C45H62N4O3S/c1-9-12-17-31-48-39-25-15-13-23-37(39)44(5,6)41(48)29-27-35-21-20-22-36(43(35)46-34(4)47(10-2)11-3)28-30-42-45(7,8)38-24-14-16-26-40(38)49(42)32-18-19-33-53(50,51)52/h13-16,23-30H,4,9-12,17-22,31-33H2,1-3,5-8H3,(H,50,51,52)/p+1. The van der Waals surface area contributed by atoms with Crippen molar-refractivity contribution in [2.75, 3.05) is 36.8 Å². The Morgan fingerprint density at radius 2 is 1.60 bits per heavy atom. The van der Waals surface area contributed by atoms with Crippen LogP contribution in [0.4, 0.5) is 11.4 Å². The fourth-order valence-electron chi connectivity index (χ4n) is 8.45. The third kappa shape index (κ3) is 8.92. The van der Waals surface area contributed by atoms with Gasteiger partial charge in [0.05, 0.1) is 17.0 Å². The molecule has 0 saturated carbocycles. The summed E-state index contributed by atoms with van der Waals surface area (Å²) in [4.78, 5) is 4.61. The maximum atomic E-state index is 11.5. The van der Waals surface area contributed by atoms with E-state index in [1.54, 1.807) is 0 Å². The number of unbranched alkanes of at least 4 members (excludes halogenated alkanes) is 3. The SMILES string of the molecule is C=C(NC1=C(C=CC2=[N+](CCCCC)c3ccccc3C2(C)C)CCCC1=CC=C1N(CCCCS(=O)(=O)O)c2ccccc2C1(C)C)N(CC)CC. The number of hydrogen-bond acceptors (Lipinski definition) is 5. The molecule has 8 heteroatoms. The van der Waals surface area contributed by atoms with Gasteiger partial charge in [0.25, 0.3) is 10.1 Å². The average Bonchev–Trinajstić information content (AvgIpc) is 3.47. The van der Waals surface area contributed by atoms with E-state index in [1.807, 2.05) is 0 Å². The maximum absolute atomic E-state index is 11.5. The van der Waals surface area contributed by atoms with E-state index in [4.69, 9.17) is 0 Å². The summed E-state index contributed by atoms with van der Waals surface area (Å²) in [6.07, 6.45) is 17.0. The van der Waals surface area contributed by atoms with Crippen LogP contribution in [0.25, 0.3) is 0 Å². The van der Waals surface area contributed by atoms with Gasteiger partial charge in [0.1, 0.15) is 6.54 Å². The fourth-order valence-corrected chi connectivity index (χ4v) is 9.01. The molecule has 0 fully saturated rings. The quantitative estimate of drug-likeness (QED) is 0.0956. The molecular formula is C45H63N4O3S+. The van der Waals surface area contributed by atoms with Gasteiger partial charge in [0, 0.05) is 66.3 Å². The minimum absolute atomic E-state index is 0.107. The summed E-state index contributed by atoms with van der Waals surface area (Å²) in [5.41, 5.74) is 11.0. The van der Waals surface area contributed by atoms with Gasteiger partial charge in [-0.05, 0) is 95.1 Å². The average molecular weight is 740 g/mol. The minimum atomic E-state index is -3.99. The Morgan fingerprint density at radius 3 is 2.30 bits per heavy atom. The molecule has 53 heavy (non-hydrogen) atoms. The normalized spacial score (nSPS) is 19.4. The predicted molar refractivity (Wildman–Crippen MR) is 223 cm³/mol. The van der Waals surface area contributed by atoms with Crippen molar-refractivity contribution in [3.05, 3.63) is 119 Å². The van der Waals surface area contributed by atoms with Crippen LogP contribution >= 0.6 is 0 Å². The van der Waals surface area contributed by atoms with Crippen molar-refractivity contribution in [2.45, 2.75) is 111 Å². The van der Waals surface area contributed by atoms with Crippen LogP contribution in [0.2, 0.25) is 0 Å². The monoisotopic (exact) mass is 739 g/mol. The summed E-state index contributed by atoms with van der Waals surface area (Å²) < 4.78 is 34.8. The summed E-state index contributed by atoms with van der Waals surface area (Å²) in [5.74, 6) is 0.688. The largest absolute Gasteiger partial charge is 0.359 e. The van der Waals surface area contributed by atoms with E-state index in [-0.39, 0.29) is 16.6 Å². The molecule has 0 aromatic heterocycles. The second-order valence-electron chi connectivity index (χ2n) is 15.7.